The monoisotopic (exact) mass is 215 g/mol. The summed E-state index contributed by atoms with van der Waals surface area (Å²) in [5.74, 6) is 0.184. The molecule has 0 atom stereocenters. The van der Waals surface area contributed by atoms with Crippen molar-refractivity contribution in [1.29, 1.82) is 0 Å². The van der Waals surface area contributed by atoms with E-state index in [4.69, 9.17) is 0 Å². The third-order valence-corrected chi connectivity index (χ3v) is 2.58. The van der Waals surface area contributed by atoms with Crippen LogP contribution < -0.4 is 0 Å². The van der Waals surface area contributed by atoms with Crippen LogP contribution in [0.2, 0.25) is 0 Å². The summed E-state index contributed by atoms with van der Waals surface area (Å²) in [6.45, 7) is 4.30. The summed E-state index contributed by atoms with van der Waals surface area (Å²) in [5.41, 5.74) is 3.11. The Morgan fingerprint density at radius 3 is 2.56 bits per heavy atom. The molecule has 0 amide bonds. The molecule has 0 aliphatic heterocycles. The Labute approximate surface area is 95.0 Å². The van der Waals surface area contributed by atoms with E-state index >= 15 is 0 Å². The van der Waals surface area contributed by atoms with Gasteiger partial charge < -0.3 is 0 Å². The van der Waals surface area contributed by atoms with Gasteiger partial charge in [0.05, 0.1) is 11.9 Å². The SMILES string of the molecule is CC(C)c1cccc(-c2ccc(F)cn2)c1. The number of hydrogen-bond acceptors (Lipinski definition) is 1. The largest absolute Gasteiger partial charge is 0.253 e. The topological polar surface area (TPSA) is 12.9 Å². The molecule has 2 heteroatoms. The summed E-state index contributed by atoms with van der Waals surface area (Å²) < 4.78 is 12.7. The number of benzene rings is 1. The van der Waals surface area contributed by atoms with E-state index in [1.54, 1.807) is 6.07 Å². The highest BCUT2D eigenvalue weighted by molar-refractivity contribution is 5.59. The molecule has 82 valence electrons. The maximum atomic E-state index is 12.7. The van der Waals surface area contributed by atoms with Crippen LogP contribution in [0.15, 0.2) is 42.6 Å². The predicted octanol–water partition coefficient (Wildman–Crippen LogP) is 4.01. The fraction of sp³-hybridized carbons (Fsp3) is 0.214. The molecule has 2 aromatic rings. The van der Waals surface area contributed by atoms with E-state index < -0.39 is 0 Å². The van der Waals surface area contributed by atoms with E-state index in [-0.39, 0.29) is 5.82 Å². The Morgan fingerprint density at radius 2 is 1.94 bits per heavy atom. The first-order valence-electron chi connectivity index (χ1n) is 5.38. The Kier molecular flexibility index (Phi) is 3.00. The third-order valence-electron chi connectivity index (χ3n) is 2.58. The average molecular weight is 215 g/mol. The number of hydrogen-bond donors (Lipinski definition) is 0. The summed E-state index contributed by atoms with van der Waals surface area (Å²) in [4.78, 5) is 4.07. The van der Waals surface area contributed by atoms with Gasteiger partial charge in [0.15, 0.2) is 0 Å². The second-order valence-corrected chi connectivity index (χ2v) is 4.14. The highest BCUT2D eigenvalue weighted by atomic mass is 19.1. The molecule has 0 aliphatic carbocycles. The molecule has 0 saturated carbocycles. The molecule has 0 radical (unpaired) electrons. The number of rotatable bonds is 2. The summed E-state index contributed by atoms with van der Waals surface area (Å²) in [6, 6.07) is 11.3. The first-order chi connectivity index (χ1) is 7.66. The van der Waals surface area contributed by atoms with Crippen LogP contribution in [0.5, 0.6) is 0 Å². The lowest BCUT2D eigenvalue weighted by Gasteiger charge is -2.07. The Morgan fingerprint density at radius 1 is 1.12 bits per heavy atom. The van der Waals surface area contributed by atoms with Crippen molar-refractivity contribution >= 4 is 0 Å². The van der Waals surface area contributed by atoms with Gasteiger partial charge in [-0.15, -0.1) is 0 Å². The highest BCUT2D eigenvalue weighted by Crippen LogP contribution is 2.22. The zero-order valence-electron chi connectivity index (χ0n) is 9.44. The van der Waals surface area contributed by atoms with Crippen molar-refractivity contribution in [1.82, 2.24) is 4.98 Å². The van der Waals surface area contributed by atoms with Gasteiger partial charge in [0, 0.05) is 5.56 Å². The summed E-state index contributed by atoms with van der Waals surface area (Å²) in [6.07, 6.45) is 1.25. The van der Waals surface area contributed by atoms with Crippen molar-refractivity contribution in [3.05, 3.63) is 54.0 Å². The Bertz CT molecular complexity index is 474. The van der Waals surface area contributed by atoms with Crippen molar-refractivity contribution in [2.24, 2.45) is 0 Å². The van der Waals surface area contributed by atoms with Crippen molar-refractivity contribution in [2.45, 2.75) is 19.8 Å². The summed E-state index contributed by atoms with van der Waals surface area (Å²) in [5, 5.41) is 0. The van der Waals surface area contributed by atoms with Gasteiger partial charge in [-0.2, -0.15) is 0 Å². The summed E-state index contributed by atoms with van der Waals surface area (Å²) in [7, 11) is 0. The van der Waals surface area contributed by atoms with Crippen molar-refractivity contribution in [3.8, 4) is 11.3 Å². The van der Waals surface area contributed by atoms with Crippen LogP contribution >= 0.6 is 0 Å². The standard InChI is InChI=1S/C14H14FN/c1-10(2)11-4-3-5-12(8-11)14-7-6-13(15)9-16-14/h3-10H,1-2H3. The molecule has 0 N–H and O–H groups in total. The minimum atomic E-state index is -0.302. The number of halogens is 1. The van der Waals surface area contributed by atoms with Crippen LogP contribution in [0.4, 0.5) is 4.39 Å². The zero-order valence-corrected chi connectivity index (χ0v) is 9.44. The summed E-state index contributed by atoms with van der Waals surface area (Å²) >= 11 is 0. The van der Waals surface area contributed by atoms with Gasteiger partial charge >= 0.3 is 0 Å². The lowest BCUT2D eigenvalue weighted by atomic mass is 9.99. The fourth-order valence-electron chi connectivity index (χ4n) is 1.60. The number of nitrogens with zero attached hydrogens (tertiary/aromatic N) is 1. The Hall–Kier alpha value is -1.70. The van der Waals surface area contributed by atoms with Gasteiger partial charge in [0.25, 0.3) is 0 Å². The van der Waals surface area contributed by atoms with Crippen molar-refractivity contribution in [2.75, 3.05) is 0 Å². The first-order valence-corrected chi connectivity index (χ1v) is 5.38. The van der Waals surface area contributed by atoms with E-state index in [9.17, 15) is 4.39 Å². The lowest BCUT2D eigenvalue weighted by molar-refractivity contribution is 0.622. The normalized spacial score (nSPS) is 10.8. The molecule has 2 rings (SSSR count). The van der Waals surface area contributed by atoms with Crippen LogP contribution in [-0.4, -0.2) is 4.98 Å². The zero-order chi connectivity index (χ0) is 11.5. The number of pyridine rings is 1. The molecule has 0 unspecified atom stereocenters. The smallest absolute Gasteiger partial charge is 0.141 e. The fourth-order valence-corrected chi connectivity index (χ4v) is 1.60. The molecule has 0 bridgehead atoms. The molecule has 1 aromatic carbocycles. The molecule has 0 aliphatic rings. The van der Waals surface area contributed by atoms with E-state index in [0.717, 1.165) is 11.3 Å². The van der Waals surface area contributed by atoms with Crippen LogP contribution in [0.25, 0.3) is 11.3 Å². The van der Waals surface area contributed by atoms with Crippen LogP contribution in [0.1, 0.15) is 25.3 Å². The molecular formula is C14H14FN. The number of aromatic nitrogens is 1. The first kappa shape index (κ1) is 10.8. The van der Waals surface area contributed by atoms with Gasteiger partial charge in [0.1, 0.15) is 5.82 Å². The van der Waals surface area contributed by atoms with E-state index in [1.165, 1.54) is 17.8 Å². The minimum Gasteiger partial charge on any atom is -0.253 e. The highest BCUT2D eigenvalue weighted by Gasteiger charge is 2.03. The maximum absolute atomic E-state index is 12.7. The van der Waals surface area contributed by atoms with Gasteiger partial charge in [-0.05, 0) is 29.7 Å². The van der Waals surface area contributed by atoms with Gasteiger partial charge in [0.2, 0.25) is 0 Å². The molecule has 0 saturated heterocycles. The molecule has 1 nitrogen and oxygen atoms in total. The van der Waals surface area contributed by atoms with Crippen LogP contribution in [0.3, 0.4) is 0 Å². The van der Waals surface area contributed by atoms with Crippen LogP contribution in [0, 0.1) is 5.82 Å². The predicted molar refractivity (Wildman–Crippen MR) is 63.7 cm³/mol. The van der Waals surface area contributed by atoms with Gasteiger partial charge in [-0.1, -0.05) is 32.0 Å². The molecule has 0 fully saturated rings. The van der Waals surface area contributed by atoms with Gasteiger partial charge in [-0.3, -0.25) is 4.98 Å². The lowest BCUT2D eigenvalue weighted by Crippen LogP contribution is -1.89. The second-order valence-electron chi connectivity index (χ2n) is 4.14. The molecule has 1 heterocycles. The molecule has 0 spiro atoms. The molecule has 16 heavy (non-hydrogen) atoms. The minimum absolute atomic E-state index is 0.302. The Balaban J connectivity index is 2.40. The van der Waals surface area contributed by atoms with Crippen molar-refractivity contribution < 1.29 is 4.39 Å². The maximum Gasteiger partial charge on any atom is 0.141 e. The average Bonchev–Trinajstić information content (AvgIpc) is 2.30. The van der Waals surface area contributed by atoms with Crippen molar-refractivity contribution in [3.63, 3.8) is 0 Å². The quantitative estimate of drug-likeness (QED) is 0.737. The third kappa shape index (κ3) is 2.27. The second kappa shape index (κ2) is 4.44. The van der Waals surface area contributed by atoms with E-state index in [2.05, 4.69) is 31.0 Å². The molecular weight excluding hydrogens is 201 g/mol. The van der Waals surface area contributed by atoms with E-state index in [0.29, 0.717) is 5.92 Å². The molecule has 1 aromatic heterocycles. The van der Waals surface area contributed by atoms with Gasteiger partial charge in [-0.25, -0.2) is 4.39 Å². The van der Waals surface area contributed by atoms with Crippen LogP contribution in [-0.2, 0) is 0 Å². The van der Waals surface area contributed by atoms with E-state index in [1.807, 2.05) is 12.1 Å².